The van der Waals surface area contributed by atoms with E-state index in [0.717, 1.165) is 5.57 Å². The maximum Gasteiger partial charge on any atom is 0.336 e. The van der Waals surface area contributed by atoms with Crippen molar-refractivity contribution in [2.24, 2.45) is 5.92 Å². The maximum absolute atomic E-state index is 12.5. The van der Waals surface area contributed by atoms with Gasteiger partial charge in [-0.2, -0.15) is 0 Å². The van der Waals surface area contributed by atoms with Crippen LogP contribution < -0.4 is 0 Å². The molecule has 0 unspecified atom stereocenters. The average Bonchev–Trinajstić information content (AvgIpc) is 3.19. The summed E-state index contributed by atoms with van der Waals surface area (Å²) in [7, 11) is 0. The van der Waals surface area contributed by atoms with Gasteiger partial charge in [0.05, 0.1) is 29.8 Å². The third-order valence-corrected chi connectivity index (χ3v) is 6.01. The molecular formula is C22H28O8. The molecule has 1 aliphatic carbocycles. The number of aliphatic hydroxyl groups is 1. The van der Waals surface area contributed by atoms with Crippen molar-refractivity contribution in [1.29, 1.82) is 0 Å². The first-order valence-electron chi connectivity index (χ1n) is 9.99. The Morgan fingerprint density at radius 2 is 2.10 bits per heavy atom. The second kappa shape index (κ2) is 8.35. The molecule has 30 heavy (non-hydrogen) atoms. The summed E-state index contributed by atoms with van der Waals surface area (Å²) in [6.45, 7) is 10.1. The van der Waals surface area contributed by atoms with Crippen molar-refractivity contribution in [3.8, 4) is 0 Å². The summed E-state index contributed by atoms with van der Waals surface area (Å²) in [5, 5.41) is 9.40. The lowest BCUT2D eigenvalue weighted by atomic mass is 9.82. The van der Waals surface area contributed by atoms with E-state index in [4.69, 9.17) is 18.9 Å². The van der Waals surface area contributed by atoms with Crippen molar-refractivity contribution < 1.29 is 38.4 Å². The van der Waals surface area contributed by atoms with Gasteiger partial charge in [0.2, 0.25) is 0 Å². The van der Waals surface area contributed by atoms with E-state index >= 15 is 0 Å². The molecule has 1 N–H and O–H groups in total. The number of fused-ring (bicyclic) bond motifs is 2. The minimum absolute atomic E-state index is 0.125. The number of esters is 3. The maximum atomic E-state index is 12.5. The van der Waals surface area contributed by atoms with Crippen LogP contribution in [0.5, 0.6) is 0 Å². The summed E-state index contributed by atoms with van der Waals surface area (Å²) < 4.78 is 22.6. The molecule has 3 aliphatic rings. The molecule has 2 aliphatic heterocycles. The fourth-order valence-corrected chi connectivity index (χ4v) is 4.16. The van der Waals surface area contributed by atoms with Gasteiger partial charge in [-0.1, -0.05) is 12.7 Å². The van der Waals surface area contributed by atoms with Crippen LogP contribution in [0, 0.1) is 5.92 Å². The zero-order valence-electron chi connectivity index (χ0n) is 17.7. The Hall–Kier alpha value is -2.45. The molecule has 0 aromatic rings. The molecule has 0 amide bonds. The highest BCUT2D eigenvalue weighted by Crippen LogP contribution is 2.48. The summed E-state index contributed by atoms with van der Waals surface area (Å²) in [6.07, 6.45) is 1.79. The fraction of sp³-hybridized carbons (Fsp3) is 0.591. The Bertz CT molecular complexity index is 825. The van der Waals surface area contributed by atoms with Crippen molar-refractivity contribution in [3.63, 3.8) is 0 Å². The van der Waals surface area contributed by atoms with Gasteiger partial charge in [0.15, 0.2) is 0 Å². The second-order valence-electron chi connectivity index (χ2n) is 8.20. The van der Waals surface area contributed by atoms with Crippen molar-refractivity contribution in [2.45, 2.75) is 70.6 Å². The Morgan fingerprint density at radius 3 is 2.70 bits per heavy atom. The van der Waals surface area contributed by atoms with Crippen LogP contribution in [-0.4, -0.2) is 59.6 Å². The van der Waals surface area contributed by atoms with Crippen molar-refractivity contribution >= 4 is 17.9 Å². The molecule has 3 rings (SSSR count). The highest BCUT2D eigenvalue weighted by molar-refractivity contribution is 5.92. The van der Waals surface area contributed by atoms with Crippen molar-refractivity contribution in [2.75, 3.05) is 6.61 Å². The number of epoxide rings is 1. The highest BCUT2D eigenvalue weighted by Gasteiger charge is 2.58. The molecule has 0 aromatic heterocycles. The lowest BCUT2D eigenvalue weighted by Crippen LogP contribution is -2.38. The Kier molecular flexibility index (Phi) is 6.19. The number of rotatable bonds is 4. The highest BCUT2D eigenvalue weighted by atomic mass is 16.6. The largest absolute Gasteiger partial charge is 0.458 e. The number of carbonyl (C=O) groups excluding carboxylic acids is 3. The van der Waals surface area contributed by atoms with Crippen LogP contribution >= 0.6 is 0 Å². The van der Waals surface area contributed by atoms with Gasteiger partial charge in [-0.25, -0.2) is 9.59 Å². The first kappa shape index (κ1) is 22.2. The number of carbonyl (C=O) groups is 3. The predicted molar refractivity (Wildman–Crippen MR) is 105 cm³/mol. The molecule has 0 radical (unpaired) electrons. The minimum Gasteiger partial charge on any atom is -0.458 e. The molecule has 0 saturated carbocycles. The smallest absolute Gasteiger partial charge is 0.336 e. The molecule has 8 nitrogen and oxygen atoms in total. The van der Waals surface area contributed by atoms with Crippen LogP contribution in [-0.2, 0) is 33.3 Å². The third-order valence-electron chi connectivity index (χ3n) is 6.01. The van der Waals surface area contributed by atoms with Crippen LogP contribution in [0.15, 0.2) is 35.5 Å². The Balaban J connectivity index is 1.98. The fourth-order valence-electron chi connectivity index (χ4n) is 4.16. The lowest BCUT2D eigenvalue weighted by molar-refractivity contribution is -0.149. The van der Waals surface area contributed by atoms with Gasteiger partial charge in [-0.05, 0) is 32.4 Å². The number of hydrogen-bond donors (Lipinski definition) is 1. The van der Waals surface area contributed by atoms with E-state index in [1.165, 1.54) is 13.0 Å². The normalized spacial score (nSPS) is 36.1. The lowest BCUT2D eigenvalue weighted by Gasteiger charge is -2.29. The SMILES string of the molecule is C=C1C(=O)O[C@@H]2C=C(C)[C@@H](OC(C)=O)C[C@H]3O[C@]3(C)C[C@@H](OC(=O)/C(=C/C)CO)[C@@H]12. The minimum atomic E-state index is -0.743. The first-order chi connectivity index (χ1) is 14.1. The molecule has 2 saturated heterocycles. The Labute approximate surface area is 175 Å². The van der Waals surface area contributed by atoms with Crippen LogP contribution in [0.3, 0.4) is 0 Å². The zero-order chi connectivity index (χ0) is 22.2. The van der Waals surface area contributed by atoms with Crippen molar-refractivity contribution in [1.82, 2.24) is 0 Å². The van der Waals surface area contributed by atoms with Gasteiger partial charge in [0, 0.05) is 25.3 Å². The van der Waals surface area contributed by atoms with E-state index in [0.29, 0.717) is 12.8 Å². The van der Waals surface area contributed by atoms with E-state index in [9.17, 15) is 19.5 Å². The van der Waals surface area contributed by atoms with Gasteiger partial charge in [-0.3, -0.25) is 4.79 Å². The molecular weight excluding hydrogens is 392 g/mol. The Morgan fingerprint density at radius 1 is 1.40 bits per heavy atom. The number of ether oxygens (including phenoxy) is 4. The van der Waals surface area contributed by atoms with E-state index in [1.807, 2.05) is 6.92 Å². The first-order valence-corrected chi connectivity index (χ1v) is 9.99. The van der Waals surface area contributed by atoms with Crippen LogP contribution in [0.2, 0.25) is 0 Å². The second-order valence-corrected chi connectivity index (χ2v) is 8.20. The van der Waals surface area contributed by atoms with Crippen LogP contribution in [0.4, 0.5) is 0 Å². The molecule has 2 fully saturated rings. The van der Waals surface area contributed by atoms with Gasteiger partial charge in [-0.15, -0.1) is 0 Å². The molecule has 0 bridgehead atoms. The van der Waals surface area contributed by atoms with Gasteiger partial charge < -0.3 is 24.1 Å². The topological polar surface area (TPSA) is 112 Å². The van der Waals surface area contributed by atoms with E-state index < -0.39 is 54.3 Å². The standard InChI is InChI=1S/C22H28O8/c1-6-14(10-23)21(26)29-17-9-22(5)18(30-22)8-15(27-13(4)24)11(2)7-16-19(17)12(3)20(25)28-16/h6-7,15-19,23H,3,8-10H2,1-2,4-5H3/b11-7?,14-6+/t15-,16+,17+,18+,19-,22+/m0/s1. The van der Waals surface area contributed by atoms with E-state index in [1.54, 1.807) is 19.9 Å². The monoisotopic (exact) mass is 420 g/mol. The number of allylic oxidation sites excluding steroid dienone is 1. The molecule has 164 valence electrons. The molecule has 8 heteroatoms. The predicted octanol–water partition coefficient (Wildman–Crippen LogP) is 1.76. The van der Waals surface area contributed by atoms with E-state index in [2.05, 4.69) is 6.58 Å². The van der Waals surface area contributed by atoms with Crippen LogP contribution in [0.25, 0.3) is 0 Å². The quantitative estimate of drug-likeness (QED) is 0.241. The number of aliphatic hydroxyl groups excluding tert-OH is 1. The molecule has 0 aromatic carbocycles. The number of hydrogen-bond acceptors (Lipinski definition) is 8. The van der Waals surface area contributed by atoms with Gasteiger partial charge in [0.25, 0.3) is 0 Å². The molecule has 6 atom stereocenters. The van der Waals surface area contributed by atoms with Crippen molar-refractivity contribution in [3.05, 3.63) is 35.5 Å². The van der Waals surface area contributed by atoms with Gasteiger partial charge >= 0.3 is 17.9 Å². The summed E-state index contributed by atoms with van der Waals surface area (Å²) in [6, 6.07) is 0. The molecule has 0 spiro atoms. The molecule has 2 heterocycles. The van der Waals surface area contributed by atoms with Crippen LogP contribution in [0.1, 0.15) is 40.5 Å². The summed E-state index contributed by atoms with van der Waals surface area (Å²) in [5.74, 6) is -2.25. The summed E-state index contributed by atoms with van der Waals surface area (Å²) >= 11 is 0. The zero-order valence-corrected chi connectivity index (χ0v) is 17.7. The van der Waals surface area contributed by atoms with E-state index in [-0.39, 0.29) is 17.3 Å². The summed E-state index contributed by atoms with van der Waals surface area (Å²) in [4.78, 5) is 36.4. The average molecular weight is 420 g/mol. The summed E-state index contributed by atoms with van der Waals surface area (Å²) in [5.41, 5.74) is 0.432. The van der Waals surface area contributed by atoms with Gasteiger partial charge in [0.1, 0.15) is 18.3 Å². The third kappa shape index (κ3) is 4.34.